The Morgan fingerprint density at radius 1 is 0.500 bits per heavy atom. The Kier molecular flexibility index (Phi) is 36.6. The fraction of sp³-hybridized carbons (Fsp3) is 0.633. The summed E-state index contributed by atoms with van der Waals surface area (Å²) in [4.78, 5) is 54.2. The number of aliphatic hydroxyl groups is 5. The van der Waals surface area contributed by atoms with Gasteiger partial charge in [0.15, 0.2) is 6.10 Å². The molecule has 19 heteroatoms. The maximum absolute atomic E-state index is 13.0. The SMILES string of the molecule is CCCCC/C=C\C/C=C\C/C=C\C/C=C\CCCC(=O)O[C@H](COC(=O)CCC/C=C\C/C=C\C/C=C\C/C=C\CCCCCO)COP(=O)(O)O[C@H]1C(O)C(O)C(O)[C@@H](OP(=O)(O)O)C1O. The molecule has 0 heterocycles. The number of carbonyl (C=O) groups excluding carboxylic acids is 2. The zero-order valence-corrected chi connectivity index (χ0v) is 41.5. The summed E-state index contributed by atoms with van der Waals surface area (Å²) in [6, 6.07) is 0. The summed E-state index contributed by atoms with van der Waals surface area (Å²) in [6.45, 7) is 0.980. The molecule has 5 unspecified atom stereocenters. The number of carbonyl (C=O) groups is 2. The minimum Gasteiger partial charge on any atom is -0.462 e. The minimum atomic E-state index is -5.38. The van der Waals surface area contributed by atoms with Gasteiger partial charge < -0.3 is 49.7 Å². The van der Waals surface area contributed by atoms with Crippen LogP contribution < -0.4 is 0 Å². The molecule has 1 rings (SSSR count). The zero-order chi connectivity index (χ0) is 50.3. The number of hydrogen-bond donors (Lipinski definition) is 8. The van der Waals surface area contributed by atoms with Gasteiger partial charge >= 0.3 is 27.6 Å². The van der Waals surface area contributed by atoms with Crippen molar-refractivity contribution in [3.63, 3.8) is 0 Å². The lowest BCUT2D eigenvalue weighted by Crippen LogP contribution is -2.64. The first-order valence-electron chi connectivity index (χ1n) is 23.9. The smallest absolute Gasteiger partial charge is 0.462 e. The Labute approximate surface area is 403 Å². The van der Waals surface area contributed by atoms with Gasteiger partial charge in [-0.3, -0.25) is 23.2 Å². The molecule has 0 aromatic carbocycles. The Hall–Kier alpha value is -3.12. The third-order valence-corrected chi connectivity index (χ3v) is 11.7. The molecular formula is C49H80O17P2. The number of esters is 2. The number of allylic oxidation sites excluding steroid dienone is 16. The fourth-order valence-electron chi connectivity index (χ4n) is 6.46. The van der Waals surface area contributed by atoms with Crippen LogP contribution in [-0.2, 0) is 41.8 Å². The lowest BCUT2D eigenvalue weighted by molar-refractivity contribution is -0.216. The maximum atomic E-state index is 13.0. The van der Waals surface area contributed by atoms with Crippen molar-refractivity contribution < 1.29 is 82.0 Å². The minimum absolute atomic E-state index is 0.0176. The third-order valence-electron chi connectivity index (χ3n) is 10.2. The summed E-state index contributed by atoms with van der Waals surface area (Å²) >= 11 is 0. The quantitative estimate of drug-likeness (QED) is 0.0125. The Morgan fingerprint density at radius 2 is 0.912 bits per heavy atom. The maximum Gasteiger partial charge on any atom is 0.472 e. The van der Waals surface area contributed by atoms with Crippen molar-refractivity contribution in [2.24, 2.45) is 0 Å². The van der Waals surface area contributed by atoms with E-state index in [0.29, 0.717) is 25.7 Å². The van der Waals surface area contributed by atoms with Crippen molar-refractivity contribution in [2.45, 2.75) is 178 Å². The van der Waals surface area contributed by atoms with Crippen molar-refractivity contribution in [1.82, 2.24) is 0 Å². The van der Waals surface area contributed by atoms with E-state index in [-0.39, 0.29) is 19.4 Å². The van der Waals surface area contributed by atoms with E-state index in [1.165, 1.54) is 19.3 Å². The van der Waals surface area contributed by atoms with Gasteiger partial charge in [-0.1, -0.05) is 123 Å². The Morgan fingerprint density at radius 3 is 1.35 bits per heavy atom. The van der Waals surface area contributed by atoms with E-state index in [2.05, 4.69) is 72.2 Å². The molecule has 17 nitrogen and oxygen atoms in total. The predicted octanol–water partition coefficient (Wildman–Crippen LogP) is 8.14. The summed E-state index contributed by atoms with van der Waals surface area (Å²) in [5.41, 5.74) is 0. The van der Waals surface area contributed by atoms with E-state index in [4.69, 9.17) is 23.6 Å². The molecule has 68 heavy (non-hydrogen) atoms. The summed E-state index contributed by atoms with van der Waals surface area (Å²) in [5.74, 6) is -1.36. The van der Waals surface area contributed by atoms with E-state index in [0.717, 1.165) is 70.6 Å². The van der Waals surface area contributed by atoms with Crippen LogP contribution in [0.5, 0.6) is 0 Å². The zero-order valence-electron chi connectivity index (χ0n) is 39.7. The predicted molar refractivity (Wildman–Crippen MR) is 261 cm³/mol. The average molecular weight is 1000 g/mol. The Bertz CT molecular complexity index is 1680. The van der Waals surface area contributed by atoms with Gasteiger partial charge in [0.25, 0.3) is 0 Å². The normalized spacial score (nSPS) is 22.1. The summed E-state index contributed by atoms with van der Waals surface area (Å²) in [6.07, 6.45) is 33.9. The van der Waals surface area contributed by atoms with E-state index in [1.807, 2.05) is 36.5 Å². The van der Waals surface area contributed by atoms with Crippen LogP contribution in [-0.4, -0.2) is 115 Å². The van der Waals surface area contributed by atoms with Crippen molar-refractivity contribution in [2.75, 3.05) is 19.8 Å². The van der Waals surface area contributed by atoms with Crippen LogP contribution >= 0.6 is 15.6 Å². The first kappa shape index (κ1) is 62.9. The second-order valence-electron chi connectivity index (χ2n) is 16.2. The van der Waals surface area contributed by atoms with E-state index in [9.17, 15) is 53.8 Å². The van der Waals surface area contributed by atoms with Gasteiger partial charge in [-0.15, -0.1) is 0 Å². The highest BCUT2D eigenvalue weighted by Gasteiger charge is 2.54. The van der Waals surface area contributed by atoms with Crippen LogP contribution in [0.4, 0.5) is 0 Å². The van der Waals surface area contributed by atoms with Crippen LogP contribution in [0, 0.1) is 0 Å². The van der Waals surface area contributed by atoms with Gasteiger partial charge in [0.2, 0.25) is 0 Å². The molecule has 0 amide bonds. The number of phosphoric ester groups is 2. The molecule has 0 aliphatic heterocycles. The van der Waals surface area contributed by atoms with Gasteiger partial charge in [0, 0.05) is 19.4 Å². The summed E-state index contributed by atoms with van der Waals surface area (Å²) in [5, 5.41) is 50.0. The van der Waals surface area contributed by atoms with E-state index in [1.54, 1.807) is 0 Å². The molecule has 0 radical (unpaired) electrons. The molecule has 388 valence electrons. The number of ether oxygens (including phenoxy) is 2. The molecule has 1 fully saturated rings. The molecule has 0 aromatic heterocycles. The molecule has 0 saturated heterocycles. The number of phosphoric acid groups is 2. The molecule has 1 saturated carbocycles. The number of unbranched alkanes of at least 4 members (excludes halogenated alkanes) is 8. The van der Waals surface area contributed by atoms with Crippen molar-refractivity contribution in [3.8, 4) is 0 Å². The van der Waals surface area contributed by atoms with E-state index < -0.39 is 83.5 Å². The average Bonchev–Trinajstić information content (AvgIpc) is 3.29. The largest absolute Gasteiger partial charge is 0.472 e. The fourth-order valence-corrected chi connectivity index (χ4v) is 8.00. The summed E-state index contributed by atoms with van der Waals surface area (Å²) in [7, 11) is -10.7. The van der Waals surface area contributed by atoms with Gasteiger partial charge in [0.05, 0.1) is 6.61 Å². The van der Waals surface area contributed by atoms with Gasteiger partial charge in [-0.2, -0.15) is 0 Å². The van der Waals surface area contributed by atoms with Crippen LogP contribution in [0.25, 0.3) is 0 Å². The molecule has 0 bridgehead atoms. The second-order valence-corrected chi connectivity index (χ2v) is 18.8. The topological polar surface area (TPSA) is 276 Å². The number of aliphatic hydroxyl groups excluding tert-OH is 5. The van der Waals surface area contributed by atoms with Crippen molar-refractivity contribution in [1.29, 1.82) is 0 Å². The van der Waals surface area contributed by atoms with E-state index >= 15 is 0 Å². The summed E-state index contributed by atoms with van der Waals surface area (Å²) < 4.78 is 49.2. The highest BCUT2D eigenvalue weighted by atomic mass is 31.2. The first-order valence-corrected chi connectivity index (χ1v) is 26.9. The highest BCUT2D eigenvalue weighted by Crippen LogP contribution is 2.49. The van der Waals surface area contributed by atoms with Gasteiger partial charge in [0.1, 0.15) is 43.2 Å². The Balaban J connectivity index is 2.67. The second kappa shape index (κ2) is 39.6. The van der Waals surface area contributed by atoms with Gasteiger partial charge in [-0.05, 0) is 96.3 Å². The van der Waals surface area contributed by atoms with Crippen LogP contribution in [0.1, 0.15) is 135 Å². The molecule has 8 atom stereocenters. The van der Waals surface area contributed by atoms with Gasteiger partial charge in [-0.25, -0.2) is 9.13 Å². The highest BCUT2D eigenvalue weighted by molar-refractivity contribution is 7.47. The lowest BCUT2D eigenvalue weighted by atomic mass is 9.85. The molecule has 1 aliphatic carbocycles. The molecular weight excluding hydrogens is 922 g/mol. The van der Waals surface area contributed by atoms with Crippen LogP contribution in [0.3, 0.4) is 0 Å². The van der Waals surface area contributed by atoms with Crippen LogP contribution in [0.15, 0.2) is 97.2 Å². The monoisotopic (exact) mass is 1000 g/mol. The first-order chi connectivity index (χ1) is 32.6. The molecule has 0 aromatic rings. The van der Waals surface area contributed by atoms with Crippen molar-refractivity contribution in [3.05, 3.63) is 97.2 Å². The number of rotatable bonds is 39. The number of hydrogen-bond acceptors (Lipinski definition) is 14. The van der Waals surface area contributed by atoms with Crippen LogP contribution in [0.2, 0.25) is 0 Å². The lowest BCUT2D eigenvalue weighted by Gasteiger charge is -2.43. The molecule has 1 aliphatic rings. The van der Waals surface area contributed by atoms with Crippen molar-refractivity contribution >= 4 is 27.6 Å². The molecule has 0 spiro atoms. The molecule has 8 N–H and O–H groups in total. The standard InChI is InChI=1S/C49H80O17P2/c1-2-3-4-5-6-7-8-9-10-12-16-19-22-25-28-31-34-37-43(52)64-41(40-63-68(60,61)66-49-46(55)44(53)45(54)48(47(49)56)65-67(57,58)59)39-62-42(51)36-33-30-27-24-21-18-15-13-11-14-17-20-23-26-29-32-35-38-50/h6-7,9-11,14-16,18-20,23-25,27-28,41,44-50,53-56H,2-5,8,12-13,17,21-22,26,29-40H2,1H3,(H,60,61)(H2,57,58,59)/b7-6-,10-9-,14-11-,18-15-,19-16-,23-20-,27-24-,28-25-/t41-,44?,45?,46?,47?,48-,49+/m1/s1. The third kappa shape index (κ3) is 33.4.